The van der Waals surface area contributed by atoms with E-state index < -0.39 is 0 Å². The van der Waals surface area contributed by atoms with Crippen molar-refractivity contribution in [2.75, 3.05) is 33.3 Å². The molecule has 126 valence electrons. The van der Waals surface area contributed by atoms with Gasteiger partial charge in [-0.2, -0.15) is 0 Å². The number of carbonyl (C=O) groups is 2. The lowest BCUT2D eigenvalue weighted by Crippen LogP contribution is -2.50. The number of furan rings is 1. The van der Waals surface area contributed by atoms with Gasteiger partial charge in [-0.1, -0.05) is 18.2 Å². The van der Waals surface area contributed by atoms with Crippen LogP contribution in [0.3, 0.4) is 0 Å². The van der Waals surface area contributed by atoms with Crippen LogP contribution >= 0.6 is 0 Å². The van der Waals surface area contributed by atoms with Crippen LogP contribution in [0.5, 0.6) is 5.75 Å². The Kier molecular flexibility index (Phi) is 4.84. The molecule has 1 aliphatic heterocycles. The minimum atomic E-state index is -0.0550. The van der Waals surface area contributed by atoms with E-state index in [-0.39, 0.29) is 11.8 Å². The van der Waals surface area contributed by atoms with E-state index in [1.54, 1.807) is 23.0 Å². The molecule has 6 nitrogen and oxygen atoms in total. The predicted octanol–water partition coefficient (Wildman–Crippen LogP) is 1.82. The summed E-state index contributed by atoms with van der Waals surface area (Å²) in [4.78, 5) is 28.3. The molecule has 0 unspecified atom stereocenters. The van der Waals surface area contributed by atoms with E-state index in [0.29, 0.717) is 38.2 Å². The third-order valence-electron chi connectivity index (χ3n) is 4.22. The van der Waals surface area contributed by atoms with Gasteiger partial charge in [0.05, 0.1) is 25.4 Å². The summed E-state index contributed by atoms with van der Waals surface area (Å²) in [6, 6.07) is 9.18. The molecule has 0 bridgehead atoms. The highest BCUT2D eigenvalue weighted by atomic mass is 16.5. The predicted molar refractivity (Wildman–Crippen MR) is 87.9 cm³/mol. The standard InChI is InChI=1S/C18H20N2O4/c1-23-16-5-3-2-4-14(16)12-17(21)19-7-9-20(10-8-19)18(22)15-6-11-24-13-15/h2-6,11,13H,7-10,12H2,1H3. The zero-order valence-electron chi connectivity index (χ0n) is 13.6. The van der Waals surface area contributed by atoms with Crippen LogP contribution < -0.4 is 4.74 Å². The minimum Gasteiger partial charge on any atom is -0.496 e. The van der Waals surface area contributed by atoms with Gasteiger partial charge in [-0.25, -0.2) is 0 Å². The molecule has 1 aliphatic rings. The van der Waals surface area contributed by atoms with Gasteiger partial charge in [0.2, 0.25) is 5.91 Å². The molecule has 2 heterocycles. The quantitative estimate of drug-likeness (QED) is 0.859. The number of methoxy groups -OCH3 is 1. The van der Waals surface area contributed by atoms with Gasteiger partial charge in [-0.15, -0.1) is 0 Å². The smallest absolute Gasteiger partial charge is 0.257 e. The maximum absolute atomic E-state index is 12.5. The van der Waals surface area contributed by atoms with Crippen molar-refractivity contribution >= 4 is 11.8 Å². The second-order valence-corrected chi connectivity index (χ2v) is 5.67. The van der Waals surface area contributed by atoms with Gasteiger partial charge < -0.3 is 19.0 Å². The lowest BCUT2D eigenvalue weighted by Gasteiger charge is -2.34. The molecule has 3 rings (SSSR count). The number of carbonyl (C=O) groups excluding carboxylic acids is 2. The Labute approximate surface area is 140 Å². The number of nitrogens with zero attached hydrogens (tertiary/aromatic N) is 2. The number of rotatable bonds is 4. The van der Waals surface area contributed by atoms with Crippen LogP contribution in [0.15, 0.2) is 47.3 Å². The molecule has 1 fully saturated rings. The van der Waals surface area contributed by atoms with Crippen LogP contribution in [0.25, 0.3) is 0 Å². The largest absolute Gasteiger partial charge is 0.496 e. The number of para-hydroxylation sites is 1. The number of hydrogen-bond acceptors (Lipinski definition) is 4. The van der Waals surface area contributed by atoms with Crippen LogP contribution in [0.1, 0.15) is 15.9 Å². The second-order valence-electron chi connectivity index (χ2n) is 5.67. The number of amides is 2. The highest BCUT2D eigenvalue weighted by Crippen LogP contribution is 2.19. The fraction of sp³-hybridized carbons (Fsp3) is 0.333. The Morgan fingerprint density at radius 3 is 2.46 bits per heavy atom. The van der Waals surface area contributed by atoms with E-state index in [9.17, 15) is 9.59 Å². The van der Waals surface area contributed by atoms with Gasteiger partial charge in [0.1, 0.15) is 12.0 Å². The highest BCUT2D eigenvalue weighted by Gasteiger charge is 2.25. The Morgan fingerprint density at radius 1 is 1.08 bits per heavy atom. The van der Waals surface area contributed by atoms with Crippen molar-refractivity contribution in [3.05, 3.63) is 54.0 Å². The molecule has 0 N–H and O–H groups in total. The topological polar surface area (TPSA) is 63.0 Å². The molecule has 1 aromatic carbocycles. The van der Waals surface area contributed by atoms with E-state index in [0.717, 1.165) is 11.3 Å². The average Bonchev–Trinajstić information content (AvgIpc) is 3.16. The maximum Gasteiger partial charge on any atom is 0.257 e. The van der Waals surface area contributed by atoms with Gasteiger partial charge in [-0.3, -0.25) is 9.59 Å². The van der Waals surface area contributed by atoms with E-state index in [2.05, 4.69) is 0 Å². The first-order valence-electron chi connectivity index (χ1n) is 7.90. The highest BCUT2D eigenvalue weighted by molar-refractivity contribution is 5.94. The van der Waals surface area contributed by atoms with Crippen molar-refractivity contribution in [2.24, 2.45) is 0 Å². The van der Waals surface area contributed by atoms with Crippen molar-refractivity contribution in [1.82, 2.24) is 9.80 Å². The third-order valence-corrected chi connectivity index (χ3v) is 4.22. The average molecular weight is 328 g/mol. The summed E-state index contributed by atoms with van der Waals surface area (Å²) in [5.74, 6) is 0.718. The fourth-order valence-electron chi connectivity index (χ4n) is 2.85. The van der Waals surface area contributed by atoms with E-state index in [1.165, 1.54) is 12.5 Å². The summed E-state index contributed by atoms with van der Waals surface area (Å²) in [7, 11) is 1.60. The first kappa shape index (κ1) is 16.1. The molecule has 24 heavy (non-hydrogen) atoms. The zero-order chi connectivity index (χ0) is 16.9. The molecule has 6 heteroatoms. The Hall–Kier alpha value is -2.76. The van der Waals surface area contributed by atoms with Gasteiger partial charge in [0.25, 0.3) is 5.91 Å². The first-order chi connectivity index (χ1) is 11.7. The normalized spacial score (nSPS) is 14.5. The second kappa shape index (κ2) is 7.21. The molecule has 1 aromatic heterocycles. The molecule has 2 amide bonds. The fourth-order valence-corrected chi connectivity index (χ4v) is 2.85. The molecule has 0 atom stereocenters. The number of piperazine rings is 1. The molecular formula is C18H20N2O4. The molecule has 0 radical (unpaired) electrons. The van der Waals surface area contributed by atoms with E-state index in [1.807, 2.05) is 24.3 Å². The van der Waals surface area contributed by atoms with Gasteiger partial charge in [-0.05, 0) is 12.1 Å². The minimum absolute atomic E-state index is 0.0508. The summed E-state index contributed by atoms with van der Waals surface area (Å²) < 4.78 is 10.2. The summed E-state index contributed by atoms with van der Waals surface area (Å²) in [5, 5.41) is 0. The van der Waals surface area contributed by atoms with Crippen molar-refractivity contribution in [3.63, 3.8) is 0 Å². The molecule has 1 saturated heterocycles. The molecule has 2 aromatic rings. The van der Waals surface area contributed by atoms with Crippen molar-refractivity contribution in [1.29, 1.82) is 0 Å². The lowest BCUT2D eigenvalue weighted by molar-refractivity contribution is -0.131. The summed E-state index contributed by atoms with van der Waals surface area (Å²) in [5.41, 5.74) is 1.42. The Bertz CT molecular complexity index is 704. The maximum atomic E-state index is 12.5. The molecule has 0 aliphatic carbocycles. The van der Waals surface area contributed by atoms with Crippen LogP contribution in [0.2, 0.25) is 0 Å². The van der Waals surface area contributed by atoms with E-state index >= 15 is 0 Å². The van der Waals surface area contributed by atoms with Gasteiger partial charge in [0, 0.05) is 31.7 Å². The summed E-state index contributed by atoms with van der Waals surface area (Å²) in [6.45, 7) is 2.14. The Balaban J connectivity index is 1.56. The molecule has 0 saturated carbocycles. The summed E-state index contributed by atoms with van der Waals surface area (Å²) >= 11 is 0. The third kappa shape index (κ3) is 3.42. The molecule has 0 spiro atoms. The number of benzene rings is 1. The lowest BCUT2D eigenvalue weighted by atomic mass is 10.1. The zero-order valence-corrected chi connectivity index (χ0v) is 13.6. The molecular weight excluding hydrogens is 308 g/mol. The SMILES string of the molecule is COc1ccccc1CC(=O)N1CCN(C(=O)c2ccoc2)CC1. The Morgan fingerprint density at radius 2 is 1.79 bits per heavy atom. The van der Waals surface area contributed by atoms with Crippen molar-refractivity contribution in [3.8, 4) is 5.75 Å². The van der Waals surface area contributed by atoms with E-state index in [4.69, 9.17) is 9.15 Å². The summed E-state index contributed by atoms with van der Waals surface area (Å²) in [6.07, 6.45) is 3.24. The van der Waals surface area contributed by atoms with Crippen LogP contribution in [-0.4, -0.2) is 54.9 Å². The van der Waals surface area contributed by atoms with Crippen molar-refractivity contribution in [2.45, 2.75) is 6.42 Å². The first-order valence-corrected chi connectivity index (χ1v) is 7.90. The van der Waals surface area contributed by atoms with Gasteiger partial charge >= 0.3 is 0 Å². The van der Waals surface area contributed by atoms with Gasteiger partial charge in [0.15, 0.2) is 0 Å². The monoisotopic (exact) mass is 328 g/mol. The van der Waals surface area contributed by atoms with Crippen LogP contribution in [0.4, 0.5) is 0 Å². The number of ether oxygens (including phenoxy) is 1. The van der Waals surface area contributed by atoms with Crippen molar-refractivity contribution < 1.29 is 18.7 Å². The van der Waals surface area contributed by atoms with Crippen LogP contribution in [-0.2, 0) is 11.2 Å². The number of hydrogen-bond donors (Lipinski definition) is 0. The van der Waals surface area contributed by atoms with Crippen LogP contribution in [0, 0.1) is 0 Å².